The van der Waals surface area contributed by atoms with E-state index in [1.807, 2.05) is 6.92 Å². The smallest absolute Gasteiger partial charge is 0.0663 e. The maximum Gasteiger partial charge on any atom is 0.0663 e. The normalized spacial score (nSPS) is 11.2. The van der Waals surface area contributed by atoms with E-state index in [0.29, 0.717) is 0 Å². The molecule has 0 rings (SSSR count). The summed E-state index contributed by atoms with van der Waals surface area (Å²) in [6, 6.07) is 0. The predicted molar refractivity (Wildman–Crippen MR) is 63.7 cm³/mol. The van der Waals surface area contributed by atoms with Crippen molar-refractivity contribution in [3.63, 3.8) is 0 Å². The Hall–Kier alpha value is -0.480. The van der Waals surface area contributed by atoms with Gasteiger partial charge in [-0.2, -0.15) is 0 Å². The van der Waals surface area contributed by atoms with Crippen molar-refractivity contribution in [3.8, 4) is 11.8 Å². The molecule has 0 aromatic rings. The molecule has 0 amide bonds. The molecule has 13 heavy (non-hydrogen) atoms. The highest BCUT2D eigenvalue weighted by Crippen LogP contribution is 2.16. The van der Waals surface area contributed by atoms with Crippen molar-refractivity contribution < 1.29 is 0 Å². The zero-order valence-corrected chi connectivity index (χ0v) is 10.5. The highest BCUT2D eigenvalue weighted by Gasteiger charge is 1.94. The Labute approximate surface area is 90.2 Å². The average Bonchev–Trinajstić information content (AvgIpc) is 2.04. The first-order valence-electron chi connectivity index (χ1n) is 4.49. The van der Waals surface area contributed by atoms with Gasteiger partial charge in [-0.05, 0) is 56.5 Å². The Morgan fingerprint density at radius 3 is 2.38 bits per heavy atom. The molecule has 0 N–H and O–H groups in total. The largest absolute Gasteiger partial charge is 0.101 e. The third kappa shape index (κ3) is 6.66. The Morgan fingerprint density at radius 2 is 1.92 bits per heavy atom. The van der Waals surface area contributed by atoms with Gasteiger partial charge in [0.25, 0.3) is 0 Å². The van der Waals surface area contributed by atoms with Crippen LogP contribution in [-0.2, 0) is 0 Å². The zero-order chi connectivity index (χ0) is 10.3. The van der Waals surface area contributed by atoms with Crippen molar-refractivity contribution in [2.75, 3.05) is 0 Å². The summed E-state index contributed by atoms with van der Waals surface area (Å²) in [4.78, 5) is 0. The Morgan fingerprint density at radius 1 is 1.31 bits per heavy atom. The van der Waals surface area contributed by atoms with Crippen molar-refractivity contribution in [1.29, 1.82) is 0 Å². The minimum Gasteiger partial charge on any atom is -0.101 e. The van der Waals surface area contributed by atoms with Crippen LogP contribution < -0.4 is 0 Å². The molecular weight excluding hydrogens is 224 g/mol. The summed E-state index contributed by atoms with van der Waals surface area (Å²) >= 11 is 3.46. The molecule has 0 spiro atoms. The maximum atomic E-state index is 3.46. The fraction of sp³-hybridized carbons (Fsp3) is 0.500. The van der Waals surface area contributed by atoms with E-state index in [0.717, 1.165) is 17.3 Å². The van der Waals surface area contributed by atoms with Gasteiger partial charge < -0.3 is 0 Å². The van der Waals surface area contributed by atoms with E-state index >= 15 is 0 Å². The molecule has 0 unspecified atom stereocenters. The molecule has 1 heteroatoms. The molecular formula is C12H17Br. The Balaban J connectivity index is 4.12. The van der Waals surface area contributed by atoms with Crippen LogP contribution in [0.25, 0.3) is 0 Å². The fourth-order valence-corrected chi connectivity index (χ4v) is 1.30. The lowest BCUT2D eigenvalue weighted by molar-refractivity contribution is 0.966. The lowest BCUT2D eigenvalue weighted by Gasteiger charge is -1.98. The van der Waals surface area contributed by atoms with E-state index in [9.17, 15) is 0 Å². The highest BCUT2D eigenvalue weighted by atomic mass is 79.9. The van der Waals surface area contributed by atoms with E-state index in [4.69, 9.17) is 0 Å². The molecule has 0 saturated heterocycles. The predicted octanol–water partition coefficient (Wildman–Crippen LogP) is 4.43. The first-order valence-corrected chi connectivity index (χ1v) is 5.28. The Kier molecular flexibility index (Phi) is 6.72. The van der Waals surface area contributed by atoms with Crippen LogP contribution in [0, 0.1) is 11.8 Å². The van der Waals surface area contributed by atoms with Crippen LogP contribution in [0.4, 0.5) is 0 Å². The lowest BCUT2D eigenvalue weighted by Crippen LogP contribution is -1.79. The standard InChI is InChI=1S/C12H17Br/c1-5-7-12(13)11(4)9-6-8-10(2)3/h8H,6,9H2,1-4H3/b12-11-. The summed E-state index contributed by atoms with van der Waals surface area (Å²) < 4.78 is 1.04. The van der Waals surface area contributed by atoms with Crippen LogP contribution in [0.2, 0.25) is 0 Å². The second-order valence-electron chi connectivity index (χ2n) is 3.29. The van der Waals surface area contributed by atoms with Crippen LogP contribution in [0.15, 0.2) is 21.7 Å². The molecule has 0 aliphatic carbocycles. The Bertz CT molecular complexity index is 267. The molecule has 0 aliphatic rings. The van der Waals surface area contributed by atoms with Crippen molar-refractivity contribution in [3.05, 3.63) is 21.7 Å². The first kappa shape index (κ1) is 12.5. The molecule has 0 aromatic heterocycles. The summed E-state index contributed by atoms with van der Waals surface area (Å²) in [6.45, 7) is 8.22. The van der Waals surface area contributed by atoms with Gasteiger partial charge in [0.2, 0.25) is 0 Å². The van der Waals surface area contributed by atoms with Gasteiger partial charge in [0.1, 0.15) is 0 Å². The molecule has 0 nitrogen and oxygen atoms in total. The maximum absolute atomic E-state index is 3.46. The van der Waals surface area contributed by atoms with Gasteiger partial charge in [-0.3, -0.25) is 0 Å². The van der Waals surface area contributed by atoms with Crippen LogP contribution >= 0.6 is 15.9 Å². The summed E-state index contributed by atoms with van der Waals surface area (Å²) in [5.74, 6) is 5.89. The fourth-order valence-electron chi connectivity index (χ4n) is 0.904. The van der Waals surface area contributed by atoms with Gasteiger partial charge in [-0.1, -0.05) is 23.1 Å². The van der Waals surface area contributed by atoms with E-state index in [1.54, 1.807) is 0 Å². The lowest BCUT2D eigenvalue weighted by atomic mass is 10.1. The summed E-state index contributed by atoms with van der Waals surface area (Å²) in [6.07, 6.45) is 4.44. The molecule has 0 bridgehead atoms. The van der Waals surface area contributed by atoms with Gasteiger partial charge in [-0.25, -0.2) is 0 Å². The molecule has 0 aliphatic heterocycles. The van der Waals surface area contributed by atoms with E-state index in [1.165, 1.54) is 11.1 Å². The number of halogens is 1. The third-order valence-corrected chi connectivity index (χ3v) is 2.56. The molecule has 0 atom stereocenters. The number of hydrogen-bond donors (Lipinski definition) is 0. The van der Waals surface area contributed by atoms with Gasteiger partial charge >= 0.3 is 0 Å². The summed E-state index contributed by atoms with van der Waals surface area (Å²) in [7, 11) is 0. The van der Waals surface area contributed by atoms with E-state index < -0.39 is 0 Å². The monoisotopic (exact) mass is 240 g/mol. The third-order valence-electron chi connectivity index (χ3n) is 1.68. The van der Waals surface area contributed by atoms with Crippen molar-refractivity contribution in [2.45, 2.75) is 40.5 Å². The average molecular weight is 241 g/mol. The topological polar surface area (TPSA) is 0 Å². The van der Waals surface area contributed by atoms with Crippen LogP contribution in [0.1, 0.15) is 40.5 Å². The molecule has 0 heterocycles. The minimum atomic E-state index is 1.04. The van der Waals surface area contributed by atoms with Crippen LogP contribution in [0.5, 0.6) is 0 Å². The number of rotatable bonds is 3. The van der Waals surface area contributed by atoms with Gasteiger partial charge in [0.15, 0.2) is 0 Å². The second-order valence-corrected chi connectivity index (χ2v) is 4.08. The molecule has 72 valence electrons. The number of allylic oxidation sites excluding steroid dienone is 4. The van der Waals surface area contributed by atoms with E-state index in [-0.39, 0.29) is 0 Å². The second kappa shape index (κ2) is 6.97. The molecule has 0 fully saturated rings. The van der Waals surface area contributed by atoms with E-state index in [2.05, 4.69) is 54.6 Å². The minimum absolute atomic E-state index is 1.04. The zero-order valence-electron chi connectivity index (χ0n) is 8.87. The highest BCUT2D eigenvalue weighted by molar-refractivity contribution is 9.12. The summed E-state index contributed by atoms with van der Waals surface area (Å²) in [5, 5.41) is 0. The van der Waals surface area contributed by atoms with Crippen LogP contribution in [0.3, 0.4) is 0 Å². The first-order chi connectivity index (χ1) is 6.07. The van der Waals surface area contributed by atoms with Gasteiger partial charge in [0.05, 0.1) is 4.48 Å². The van der Waals surface area contributed by atoms with Gasteiger partial charge in [0, 0.05) is 0 Å². The molecule has 0 saturated carbocycles. The quantitative estimate of drug-likeness (QED) is 0.506. The van der Waals surface area contributed by atoms with Crippen molar-refractivity contribution >= 4 is 15.9 Å². The van der Waals surface area contributed by atoms with Gasteiger partial charge in [-0.15, -0.1) is 5.92 Å². The van der Waals surface area contributed by atoms with Crippen molar-refractivity contribution in [2.24, 2.45) is 0 Å². The molecule has 0 aromatic carbocycles. The molecule has 0 radical (unpaired) electrons. The van der Waals surface area contributed by atoms with Crippen LogP contribution in [-0.4, -0.2) is 0 Å². The van der Waals surface area contributed by atoms with Crippen molar-refractivity contribution in [1.82, 2.24) is 0 Å². The SMILES string of the molecule is CC#C/C(Br)=C(\C)CCC=C(C)C. The number of hydrogen-bond acceptors (Lipinski definition) is 0. The summed E-state index contributed by atoms with van der Waals surface area (Å²) in [5.41, 5.74) is 2.71.